The Bertz CT molecular complexity index is 1060. The average molecular weight is 369 g/mol. The number of benzene rings is 3. The molecule has 0 aliphatic carbocycles. The van der Waals surface area contributed by atoms with E-state index in [1.165, 1.54) is 18.2 Å². The highest BCUT2D eigenvalue weighted by atomic mass is 16.3. The second kappa shape index (κ2) is 6.82. The number of allylic oxidation sites excluding steroid dienone is 1. The number of hydrogen-bond donors (Lipinski definition) is 1. The van der Waals surface area contributed by atoms with Crippen LogP contribution in [0.25, 0.3) is 5.70 Å². The molecule has 0 saturated carbocycles. The Morgan fingerprint density at radius 2 is 1.36 bits per heavy atom. The molecule has 4 nitrogen and oxygen atoms in total. The van der Waals surface area contributed by atoms with E-state index in [0.29, 0.717) is 11.3 Å². The quantitative estimate of drug-likeness (QED) is 0.699. The first-order valence-electron chi connectivity index (χ1n) is 9.02. The van der Waals surface area contributed by atoms with Crippen molar-refractivity contribution >= 4 is 23.0 Å². The average Bonchev–Trinajstić information content (AvgIpc) is 2.73. The van der Waals surface area contributed by atoms with Gasteiger partial charge >= 0.3 is 0 Å². The van der Waals surface area contributed by atoms with Crippen molar-refractivity contribution in [1.29, 1.82) is 0 Å². The topological polar surface area (TPSA) is 57.6 Å². The van der Waals surface area contributed by atoms with Crippen LogP contribution >= 0.6 is 0 Å². The van der Waals surface area contributed by atoms with Crippen molar-refractivity contribution in [3.05, 3.63) is 102 Å². The molecule has 28 heavy (non-hydrogen) atoms. The van der Waals surface area contributed by atoms with E-state index < -0.39 is 17.1 Å². The lowest BCUT2D eigenvalue weighted by atomic mass is 9.79. The molecule has 1 atom stereocenters. The Morgan fingerprint density at radius 3 is 1.96 bits per heavy atom. The predicted molar refractivity (Wildman–Crippen MR) is 109 cm³/mol. The summed E-state index contributed by atoms with van der Waals surface area (Å²) in [7, 11) is 0. The second-order valence-electron chi connectivity index (χ2n) is 6.88. The van der Waals surface area contributed by atoms with Gasteiger partial charge < -0.3 is 10.0 Å². The zero-order chi connectivity index (χ0) is 19.7. The van der Waals surface area contributed by atoms with Gasteiger partial charge in [0.1, 0.15) is 11.3 Å². The van der Waals surface area contributed by atoms with Crippen LogP contribution in [0.4, 0.5) is 5.69 Å². The fourth-order valence-electron chi connectivity index (χ4n) is 3.68. The van der Waals surface area contributed by atoms with Crippen molar-refractivity contribution in [1.82, 2.24) is 0 Å². The van der Waals surface area contributed by atoms with E-state index in [1.54, 1.807) is 19.1 Å². The molecule has 3 aromatic rings. The number of carbonyl (C=O) groups excluding carboxylic acids is 2. The maximum Gasteiger partial charge on any atom is 0.232 e. The van der Waals surface area contributed by atoms with E-state index in [-0.39, 0.29) is 5.75 Å². The van der Waals surface area contributed by atoms with Crippen LogP contribution in [0.5, 0.6) is 5.75 Å². The van der Waals surface area contributed by atoms with Crippen LogP contribution in [0.2, 0.25) is 0 Å². The number of rotatable bonds is 3. The SMILES string of the molecule is CC1(c2ccc(O)cc2)C(=O)C(=O)C=C(c2ccccc2)N1c1ccccc1. The summed E-state index contributed by atoms with van der Waals surface area (Å²) in [5, 5.41) is 9.69. The Morgan fingerprint density at radius 1 is 0.786 bits per heavy atom. The van der Waals surface area contributed by atoms with Gasteiger partial charge in [0, 0.05) is 11.8 Å². The van der Waals surface area contributed by atoms with Crippen LogP contribution in [0, 0.1) is 0 Å². The third-order valence-corrected chi connectivity index (χ3v) is 5.14. The number of nitrogens with zero attached hydrogens (tertiary/aromatic N) is 1. The molecule has 0 aromatic heterocycles. The van der Waals surface area contributed by atoms with Crippen LogP contribution < -0.4 is 4.90 Å². The molecule has 4 rings (SSSR count). The number of para-hydroxylation sites is 1. The van der Waals surface area contributed by atoms with Gasteiger partial charge in [0.25, 0.3) is 0 Å². The lowest BCUT2D eigenvalue weighted by Gasteiger charge is -2.45. The van der Waals surface area contributed by atoms with E-state index in [4.69, 9.17) is 0 Å². The van der Waals surface area contributed by atoms with Crippen LogP contribution in [0.15, 0.2) is 91.0 Å². The molecule has 3 aromatic carbocycles. The number of phenolic OH excluding ortho intramolecular Hbond substituents is 1. The number of aromatic hydroxyl groups is 1. The minimum Gasteiger partial charge on any atom is -0.508 e. The number of anilines is 1. The molecule has 0 fully saturated rings. The van der Waals surface area contributed by atoms with E-state index in [0.717, 1.165) is 11.3 Å². The molecule has 1 aliphatic heterocycles. The van der Waals surface area contributed by atoms with Gasteiger partial charge in [-0.2, -0.15) is 0 Å². The van der Waals surface area contributed by atoms with E-state index in [9.17, 15) is 14.7 Å². The van der Waals surface area contributed by atoms with Crippen molar-refractivity contribution in [2.75, 3.05) is 4.90 Å². The van der Waals surface area contributed by atoms with Gasteiger partial charge in [0.05, 0.1) is 5.70 Å². The van der Waals surface area contributed by atoms with E-state index in [1.807, 2.05) is 65.6 Å². The Kier molecular flexibility index (Phi) is 4.32. The summed E-state index contributed by atoms with van der Waals surface area (Å²) in [6.45, 7) is 1.75. The molecule has 0 saturated heterocycles. The molecule has 4 heteroatoms. The van der Waals surface area contributed by atoms with Gasteiger partial charge in [0.2, 0.25) is 11.6 Å². The summed E-state index contributed by atoms with van der Waals surface area (Å²) in [5.74, 6) is -0.949. The largest absolute Gasteiger partial charge is 0.508 e. The van der Waals surface area contributed by atoms with Gasteiger partial charge in [0.15, 0.2) is 0 Å². The molecule has 1 N–H and O–H groups in total. The lowest BCUT2D eigenvalue weighted by molar-refractivity contribution is -0.137. The fraction of sp³-hybridized carbons (Fsp3) is 0.0833. The number of hydrogen-bond acceptors (Lipinski definition) is 4. The number of carbonyl (C=O) groups is 2. The molecule has 0 amide bonds. The first-order chi connectivity index (χ1) is 13.5. The zero-order valence-corrected chi connectivity index (χ0v) is 15.4. The second-order valence-corrected chi connectivity index (χ2v) is 6.88. The van der Waals surface area contributed by atoms with Crippen molar-refractivity contribution in [3.8, 4) is 5.75 Å². The van der Waals surface area contributed by atoms with Crippen molar-refractivity contribution in [2.45, 2.75) is 12.5 Å². The third kappa shape index (κ3) is 2.79. The number of phenols is 1. The molecule has 1 aliphatic rings. The Balaban J connectivity index is 2.00. The molecular formula is C24H19NO3. The summed E-state index contributed by atoms with van der Waals surface area (Å²) in [5.41, 5.74) is 1.69. The number of ketones is 2. The van der Waals surface area contributed by atoms with Gasteiger partial charge in [-0.1, -0.05) is 60.7 Å². The maximum absolute atomic E-state index is 13.2. The van der Waals surface area contributed by atoms with Gasteiger partial charge in [-0.25, -0.2) is 0 Å². The highest BCUT2D eigenvalue weighted by Crippen LogP contribution is 2.43. The normalized spacial score (nSPS) is 19.5. The summed E-state index contributed by atoms with van der Waals surface area (Å²) in [4.78, 5) is 27.8. The van der Waals surface area contributed by atoms with Gasteiger partial charge in [-0.3, -0.25) is 9.59 Å². The van der Waals surface area contributed by atoms with E-state index >= 15 is 0 Å². The maximum atomic E-state index is 13.2. The molecule has 1 unspecified atom stereocenters. The minimum absolute atomic E-state index is 0.104. The molecule has 138 valence electrons. The highest BCUT2D eigenvalue weighted by molar-refractivity contribution is 6.48. The highest BCUT2D eigenvalue weighted by Gasteiger charge is 2.48. The fourth-order valence-corrected chi connectivity index (χ4v) is 3.68. The summed E-state index contributed by atoms with van der Waals surface area (Å²) in [6.07, 6.45) is 1.41. The van der Waals surface area contributed by atoms with Crippen LogP contribution in [-0.4, -0.2) is 16.7 Å². The zero-order valence-electron chi connectivity index (χ0n) is 15.4. The minimum atomic E-state index is -1.24. The van der Waals surface area contributed by atoms with Crippen molar-refractivity contribution in [2.24, 2.45) is 0 Å². The van der Waals surface area contributed by atoms with Gasteiger partial charge in [-0.15, -0.1) is 0 Å². The van der Waals surface area contributed by atoms with Crippen LogP contribution in [0.1, 0.15) is 18.1 Å². The molecular weight excluding hydrogens is 350 g/mol. The number of Topliss-reactive ketones (excluding diaryl/α,β-unsaturated/α-hetero) is 1. The molecule has 0 spiro atoms. The monoisotopic (exact) mass is 369 g/mol. The predicted octanol–water partition coefficient (Wildman–Crippen LogP) is 4.31. The summed E-state index contributed by atoms with van der Waals surface area (Å²) in [6, 6.07) is 25.5. The van der Waals surface area contributed by atoms with Crippen molar-refractivity contribution in [3.63, 3.8) is 0 Å². The Hall–Kier alpha value is -3.66. The first-order valence-corrected chi connectivity index (χ1v) is 9.02. The first kappa shape index (κ1) is 17.7. The third-order valence-electron chi connectivity index (χ3n) is 5.14. The van der Waals surface area contributed by atoms with Gasteiger partial charge in [-0.05, 0) is 42.3 Å². The lowest BCUT2D eigenvalue weighted by Crippen LogP contribution is -2.54. The summed E-state index contributed by atoms with van der Waals surface area (Å²) >= 11 is 0. The summed E-state index contributed by atoms with van der Waals surface area (Å²) < 4.78 is 0. The smallest absolute Gasteiger partial charge is 0.232 e. The Labute approximate surface area is 163 Å². The van der Waals surface area contributed by atoms with E-state index in [2.05, 4.69) is 0 Å². The van der Waals surface area contributed by atoms with Crippen LogP contribution in [-0.2, 0) is 15.1 Å². The standard InChI is InChI=1S/C24H19NO3/c1-24(18-12-14-20(26)15-13-18)23(28)22(27)16-21(17-8-4-2-5-9-17)25(24)19-10-6-3-7-11-19/h2-16,26H,1H3. The molecule has 0 bridgehead atoms. The molecule has 1 heterocycles. The molecule has 0 radical (unpaired) electrons. The van der Waals surface area contributed by atoms with Crippen molar-refractivity contribution < 1.29 is 14.7 Å². The van der Waals surface area contributed by atoms with Crippen LogP contribution in [0.3, 0.4) is 0 Å².